The normalized spacial score (nSPS) is 30.8. The quantitative estimate of drug-likeness (QED) is 0.859. The van der Waals surface area contributed by atoms with E-state index in [4.69, 9.17) is 15.6 Å². The van der Waals surface area contributed by atoms with E-state index in [1.807, 2.05) is 4.52 Å². The van der Waals surface area contributed by atoms with Crippen molar-refractivity contribution in [2.24, 2.45) is 5.73 Å². The highest BCUT2D eigenvalue weighted by Crippen LogP contribution is 2.34. The second kappa shape index (κ2) is 5.62. The van der Waals surface area contributed by atoms with Gasteiger partial charge in [0.05, 0.1) is 6.61 Å². The third-order valence-corrected chi connectivity index (χ3v) is 5.74. The number of fused-ring (bicyclic) bond motifs is 1. The summed E-state index contributed by atoms with van der Waals surface area (Å²) >= 11 is 1.65. The monoisotopic (exact) mass is 307 g/mol. The number of nitrogens with two attached hydrogens (primary N) is 1. The van der Waals surface area contributed by atoms with Crippen molar-refractivity contribution < 1.29 is 4.74 Å². The average molecular weight is 307 g/mol. The van der Waals surface area contributed by atoms with E-state index in [0.717, 1.165) is 48.3 Å². The van der Waals surface area contributed by atoms with Crippen LogP contribution in [0.1, 0.15) is 61.2 Å². The van der Waals surface area contributed by atoms with E-state index in [0.29, 0.717) is 11.8 Å². The molecule has 0 aromatic carbocycles. The van der Waals surface area contributed by atoms with Crippen molar-refractivity contribution in [3.63, 3.8) is 0 Å². The van der Waals surface area contributed by atoms with Crippen molar-refractivity contribution >= 4 is 16.3 Å². The number of rotatable bonds is 2. The molecular formula is C14H21N5OS. The molecule has 3 atom stereocenters. The first-order chi connectivity index (χ1) is 10.3. The molecule has 1 saturated heterocycles. The van der Waals surface area contributed by atoms with Gasteiger partial charge in [0.15, 0.2) is 5.82 Å². The topological polar surface area (TPSA) is 78.3 Å². The van der Waals surface area contributed by atoms with Gasteiger partial charge in [-0.3, -0.25) is 0 Å². The minimum absolute atomic E-state index is 0.231. The first-order valence-electron chi connectivity index (χ1n) is 7.88. The summed E-state index contributed by atoms with van der Waals surface area (Å²) in [6, 6.07) is 0.231. The lowest BCUT2D eigenvalue weighted by atomic mass is 9.96. The number of ether oxygens (including phenoxy) is 1. The SMILES string of the molecule is NC1CCCCCC1c1nn2c(C3CCOC3)nnc2s1. The average Bonchev–Trinajstić information content (AvgIpc) is 3.15. The maximum atomic E-state index is 6.36. The largest absolute Gasteiger partial charge is 0.381 e. The van der Waals surface area contributed by atoms with E-state index >= 15 is 0 Å². The number of nitrogens with zero attached hydrogens (tertiary/aromatic N) is 4. The first-order valence-corrected chi connectivity index (χ1v) is 8.70. The molecule has 6 nitrogen and oxygen atoms in total. The van der Waals surface area contributed by atoms with Gasteiger partial charge in [0, 0.05) is 24.5 Å². The molecule has 1 aliphatic heterocycles. The van der Waals surface area contributed by atoms with Crippen LogP contribution in [-0.4, -0.2) is 39.1 Å². The zero-order valence-electron chi connectivity index (χ0n) is 12.1. The van der Waals surface area contributed by atoms with E-state index in [1.54, 1.807) is 11.3 Å². The molecule has 3 heterocycles. The predicted molar refractivity (Wildman–Crippen MR) is 80.6 cm³/mol. The van der Waals surface area contributed by atoms with Gasteiger partial charge in [-0.25, -0.2) is 0 Å². The number of hydrogen-bond acceptors (Lipinski definition) is 6. The lowest BCUT2D eigenvalue weighted by Gasteiger charge is -2.18. The third-order valence-electron chi connectivity index (χ3n) is 4.71. The van der Waals surface area contributed by atoms with Crippen molar-refractivity contribution in [3.05, 3.63) is 10.8 Å². The molecular weight excluding hydrogens is 286 g/mol. The Morgan fingerprint density at radius 2 is 2.05 bits per heavy atom. The highest BCUT2D eigenvalue weighted by atomic mass is 32.1. The van der Waals surface area contributed by atoms with Gasteiger partial charge in [0.2, 0.25) is 4.96 Å². The Morgan fingerprint density at radius 1 is 1.14 bits per heavy atom. The minimum atomic E-state index is 0.231. The number of hydrogen-bond donors (Lipinski definition) is 1. The van der Waals surface area contributed by atoms with Gasteiger partial charge >= 0.3 is 0 Å². The Bertz CT molecular complexity index is 618. The van der Waals surface area contributed by atoms with Crippen molar-refractivity contribution in [2.75, 3.05) is 13.2 Å². The first kappa shape index (κ1) is 13.6. The molecule has 3 unspecified atom stereocenters. The third kappa shape index (κ3) is 2.47. The summed E-state index contributed by atoms with van der Waals surface area (Å²) in [6.07, 6.45) is 7.05. The molecule has 114 valence electrons. The predicted octanol–water partition coefficient (Wildman–Crippen LogP) is 2.06. The summed E-state index contributed by atoms with van der Waals surface area (Å²) in [5.41, 5.74) is 6.36. The summed E-state index contributed by atoms with van der Waals surface area (Å²) in [4.78, 5) is 0.892. The van der Waals surface area contributed by atoms with Gasteiger partial charge < -0.3 is 10.5 Å². The van der Waals surface area contributed by atoms with Crippen LogP contribution in [0.2, 0.25) is 0 Å². The van der Waals surface area contributed by atoms with E-state index < -0.39 is 0 Å². The molecule has 7 heteroatoms. The lowest BCUT2D eigenvalue weighted by Crippen LogP contribution is -2.27. The zero-order chi connectivity index (χ0) is 14.2. The van der Waals surface area contributed by atoms with Crippen molar-refractivity contribution in [3.8, 4) is 0 Å². The standard InChI is InChI=1S/C14H21N5OS/c15-11-5-3-1-2-4-10(11)13-18-19-12(9-6-7-20-8-9)16-17-14(19)21-13/h9-11H,1-8,15H2. The van der Waals surface area contributed by atoms with Gasteiger partial charge in [0.25, 0.3) is 0 Å². The van der Waals surface area contributed by atoms with Crippen LogP contribution in [0.15, 0.2) is 0 Å². The Kier molecular flexibility index (Phi) is 3.64. The molecule has 1 aliphatic carbocycles. The maximum absolute atomic E-state index is 6.36. The summed E-state index contributed by atoms with van der Waals surface area (Å²) in [7, 11) is 0. The molecule has 1 saturated carbocycles. The van der Waals surface area contributed by atoms with Crippen molar-refractivity contribution in [1.82, 2.24) is 19.8 Å². The second-order valence-corrected chi connectivity index (χ2v) is 7.15. The molecule has 2 N–H and O–H groups in total. The van der Waals surface area contributed by atoms with Gasteiger partial charge in [-0.1, -0.05) is 30.6 Å². The summed E-state index contributed by atoms with van der Waals surface area (Å²) in [5, 5.41) is 14.6. The lowest BCUT2D eigenvalue weighted by molar-refractivity contribution is 0.193. The Morgan fingerprint density at radius 3 is 2.90 bits per heavy atom. The fraction of sp³-hybridized carbons (Fsp3) is 0.786. The smallest absolute Gasteiger partial charge is 0.234 e. The molecule has 0 bridgehead atoms. The van der Waals surface area contributed by atoms with Crippen LogP contribution in [0.4, 0.5) is 0 Å². The van der Waals surface area contributed by atoms with Crippen LogP contribution in [0.3, 0.4) is 0 Å². The van der Waals surface area contributed by atoms with Crippen LogP contribution in [-0.2, 0) is 4.74 Å². The van der Waals surface area contributed by atoms with Crippen LogP contribution in [0, 0.1) is 0 Å². The molecule has 2 aromatic heterocycles. The van der Waals surface area contributed by atoms with Gasteiger partial charge in [-0.2, -0.15) is 9.61 Å². The van der Waals surface area contributed by atoms with E-state index in [1.165, 1.54) is 19.3 Å². The Hall–Kier alpha value is -1.05. The van der Waals surface area contributed by atoms with E-state index in [-0.39, 0.29) is 6.04 Å². The molecule has 0 radical (unpaired) electrons. The van der Waals surface area contributed by atoms with E-state index in [2.05, 4.69) is 10.2 Å². The molecule has 4 rings (SSSR count). The Labute approximate surface area is 127 Å². The van der Waals surface area contributed by atoms with Crippen LogP contribution in [0.5, 0.6) is 0 Å². The summed E-state index contributed by atoms with van der Waals surface area (Å²) in [5.74, 6) is 1.66. The van der Waals surface area contributed by atoms with Crippen LogP contribution >= 0.6 is 11.3 Å². The Balaban J connectivity index is 1.66. The van der Waals surface area contributed by atoms with Gasteiger partial charge in [-0.05, 0) is 19.3 Å². The molecule has 21 heavy (non-hydrogen) atoms. The zero-order valence-corrected chi connectivity index (χ0v) is 12.9. The highest BCUT2D eigenvalue weighted by molar-refractivity contribution is 7.16. The molecule has 2 fully saturated rings. The van der Waals surface area contributed by atoms with Gasteiger partial charge in [-0.15, -0.1) is 10.2 Å². The van der Waals surface area contributed by atoms with Crippen molar-refractivity contribution in [1.29, 1.82) is 0 Å². The summed E-state index contributed by atoms with van der Waals surface area (Å²) in [6.45, 7) is 1.54. The van der Waals surface area contributed by atoms with E-state index in [9.17, 15) is 0 Å². The van der Waals surface area contributed by atoms with Crippen molar-refractivity contribution in [2.45, 2.75) is 56.4 Å². The molecule has 2 aromatic rings. The van der Waals surface area contributed by atoms with Gasteiger partial charge in [0.1, 0.15) is 5.01 Å². The summed E-state index contributed by atoms with van der Waals surface area (Å²) < 4.78 is 7.39. The molecule has 2 aliphatic rings. The molecule has 0 spiro atoms. The van der Waals surface area contributed by atoms with Crippen LogP contribution < -0.4 is 5.73 Å². The van der Waals surface area contributed by atoms with Crippen LogP contribution in [0.25, 0.3) is 4.96 Å². The molecule has 0 amide bonds. The highest BCUT2D eigenvalue weighted by Gasteiger charge is 2.29. The minimum Gasteiger partial charge on any atom is -0.381 e. The number of aromatic nitrogens is 4. The second-order valence-electron chi connectivity index (χ2n) is 6.16. The maximum Gasteiger partial charge on any atom is 0.234 e. The fourth-order valence-electron chi connectivity index (χ4n) is 3.43. The fourth-order valence-corrected chi connectivity index (χ4v) is 4.49.